The Morgan fingerprint density at radius 2 is 1.59 bits per heavy atom. The Bertz CT molecular complexity index is 1010. The van der Waals surface area contributed by atoms with Gasteiger partial charge in [0.25, 0.3) is 11.8 Å². The van der Waals surface area contributed by atoms with Gasteiger partial charge in [-0.3, -0.25) is 24.2 Å². The number of barbiturate groups is 1. The molecule has 29 heavy (non-hydrogen) atoms. The first kappa shape index (κ1) is 20.3. The van der Waals surface area contributed by atoms with Gasteiger partial charge in [-0.05, 0) is 26.0 Å². The maximum absolute atomic E-state index is 12.6. The largest absolute Gasteiger partial charge is 0.342 e. The Hall–Kier alpha value is -3.42. The molecule has 0 unspecified atom stereocenters. The molecule has 8 heteroatoms. The van der Waals surface area contributed by atoms with Crippen LogP contribution in [0.1, 0.15) is 19.4 Å². The van der Waals surface area contributed by atoms with E-state index >= 15 is 0 Å². The second-order valence-electron chi connectivity index (χ2n) is 6.86. The lowest BCUT2D eigenvalue weighted by molar-refractivity contribution is -0.134. The van der Waals surface area contributed by atoms with Gasteiger partial charge in [0.15, 0.2) is 0 Å². The standard InChI is InChI=1S/C21H24N4O4/c1-5-24(6-2)18(26)13-25-12-14(15-9-7-8-10-17(15)25)11-16-19(27)22(3)21(29)23(4)20(16)28/h7-12H,5-6,13H2,1-4H3. The topological polar surface area (TPSA) is 82.9 Å². The van der Waals surface area contributed by atoms with E-state index in [-0.39, 0.29) is 18.0 Å². The maximum atomic E-state index is 12.6. The zero-order valence-electron chi connectivity index (χ0n) is 17.0. The molecule has 5 amide bonds. The zero-order valence-corrected chi connectivity index (χ0v) is 17.0. The second kappa shape index (κ2) is 7.90. The molecule has 0 aliphatic carbocycles. The molecule has 0 N–H and O–H groups in total. The maximum Gasteiger partial charge on any atom is 0.333 e. The number of benzene rings is 1. The number of carbonyl (C=O) groups excluding carboxylic acids is 4. The normalized spacial score (nSPS) is 14.8. The van der Waals surface area contributed by atoms with Gasteiger partial charge in [0, 0.05) is 49.8 Å². The van der Waals surface area contributed by atoms with E-state index in [4.69, 9.17) is 0 Å². The van der Waals surface area contributed by atoms with Crippen molar-refractivity contribution in [2.45, 2.75) is 20.4 Å². The number of nitrogens with zero attached hydrogens (tertiary/aromatic N) is 4. The predicted molar refractivity (Wildman–Crippen MR) is 109 cm³/mol. The highest BCUT2D eigenvalue weighted by Gasteiger charge is 2.37. The fraction of sp³-hybridized carbons (Fsp3) is 0.333. The van der Waals surface area contributed by atoms with Gasteiger partial charge in [-0.2, -0.15) is 0 Å². The Balaban J connectivity index is 2.06. The van der Waals surface area contributed by atoms with Gasteiger partial charge in [0.2, 0.25) is 5.91 Å². The molecule has 1 fully saturated rings. The number of para-hydroxylation sites is 1. The molecule has 0 atom stereocenters. The number of imide groups is 2. The molecular weight excluding hydrogens is 372 g/mol. The second-order valence-corrected chi connectivity index (χ2v) is 6.86. The molecule has 0 saturated carbocycles. The summed E-state index contributed by atoms with van der Waals surface area (Å²) < 4.78 is 1.82. The van der Waals surface area contributed by atoms with Crippen molar-refractivity contribution in [3.05, 3.63) is 41.6 Å². The van der Waals surface area contributed by atoms with Crippen LogP contribution in [0.3, 0.4) is 0 Å². The van der Waals surface area contributed by atoms with E-state index in [1.165, 1.54) is 20.2 Å². The molecule has 1 aromatic carbocycles. The van der Waals surface area contributed by atoms with Crippen LogP contribution in [0.4, 0.5) is 4.79 Å². The minimum atomic E-state index is -0.663. The highest BCUT2D eigenvalue weighted by molar-refractivity contribution is 6.31. The summed E-state index contributed by atoms with van der Waals surface area (Å²) in [5, 5.41) is 0.815. The lowest BCUT2D eigenvalue weighted by Gasteiger charge is -2.28. The van der Waals surface area contributed by atoms with Crippen molar-refractivity contribution in [3.8, 4) is 0 Å². The van der Waals surface area contributed by atoms with Gasteiger partial charge in [-0.1, -0.05) is 18.2 Å². The molecule has 1 aliphatic heterocycles. The number of aromatic nitrogens is 1. The van der Waals surface area contributed by atoms with E-state index in [0.29, 0.717) is 18.7 Å². The van der Waals surface area contributed by atoms with Crippen LogP contribution in [0, 0.1) is 0 Å². The van der Waals surface area contributed by atoms with E-state index in [1.54, 1.807) is 11.1 Å². The molecule has 2 heterocycles. The third-order valence-electron chi connectivity index (χ3n) is 5.18. The van der Waals surface area contributed by atoms with E-state index in [0.717, 1.165) is 20.7 Å². The molecule has 0 spiro atoms. The number of amides is 5. The van der Waals surface area contributed by atoms with Crippen LogP contribution in [-0.2, 0) is 20.9 Å². The van der Waals surface area contributed by atoms with Crippen LogP contribution < -0.4 is 0 Å². The van der Waals surface area contributed by atoms with Crippen molar-refractivity contribution < 1.29 is 19.2 Å². The number of likely N-dealkylation sites (N-methyl/N-ethyl adjacent to an activating group) is 3. The molecule has 8 nitrogen and oxygen atoms in total. The SMILES string of the molecule is CCN(CC)C(=O)Cn1cc(C=C2C(=O)N(C)C(=O)N(C)C2=O)c2ccccc21. The molecular formula is C21H24N4O4. The van der Waals surface area contributed by atoms with Gasteiger partial charge < -0.3 is 9.47 Å². The first-order valence-electron chi connectivity index (χ1n) is 9.47. The van der Waals surface area contributed by atoms with Crippen LogP contribution >= 0.6 is 0 Å². The number of hydrogen-bond donors (Lipinski definition) is 0. The minimum absolute atomic E-state index is 0.00941. The summed E-state index contributed by atoms with van der Waals surface area (Å²) in [5.74, 6) is -1.30. The summed E-state index contributed by atoms with van der Waals surface area (Å²) in [4.78, 5) is 53.1. The van der Waals surface area contributed by atoms with E-state index in [1.807, 2.05) is 42.7 Å². The summed E-state index contributed by atoms with van der Waals surface area (Å²) >= 11 is 0. The van der Waals surface area contributed by atoms with E-state index < -0.39 is 17.8 Å². The molecule has 1 aromatic heterocycles. The Morgan fingerprint density at radius 1 is 1.00 bits per heavy atom. The van der Waals surface area contributed by atoms with E-state index in [9.17, 15) is 19.2 Å². The molecule has 0 radical (unpaired) electrons. The van der Waals surface area contributed by atoms with Crippen LogP contribution in [0.15, 0.2) is 36.0 Å². The van der Waals surface area contributed by atoms with Crippen LogP contribution in [0.25, 0.3) is 17.0 Å². The molecule has 1 aliphatic rings. The summed E-state index contributed by atoms with van der Waals surface area (Å²) in [6.07, 6.45) is 3.25. The molecule has 1 saturated heterocycles. The van der Waals surface area contributed by atoms with Crippen LogP contribution in [0.2, 0.25) is 0 Å². The van der Waals surface area contributed by atoms with Crippen molar-refractivity contribution >= 4 is 40.7 Å². The third kappa shape index (κ3) is 3.53. The average Bonchev–Trinajstić information content (AvgIpc) is 3.06. The molecule has 0 bridgehead atoms. The van der Waals surface area contributed by atoms with Crippen molar-refractivity contribution in [3.63, 3.8) is 0 Å². The lowest BCUT2D eigenvalue weighted by Crippen LogP contribution is -2.52. The Labute approximate surface area is 169 Å². The fourth-order valence-electron chi connectivity index (χ4n) is 3.47. The lowest BCUT2D eigenvalue weighted by atomic mass is 10.1. The third-order valence-corrected chi connectivity index (χ3v) is 5.18. The quantitative estimate of drug-likeness (QED) is 0.571. The summed E-state index contributed by atoms with van der Waals surface area (Å²) in [5.41, 5.74) is 1.38. The highest BCUT2D eigenvalue weighted by atomic mass is 16.2. The monoisotopic (exact) mass is 396 g/mol. The number of rotatable bonds is 5. The number of hydrogen-bond acceptors (Lipinski definition) is 4. The zero-order chi connectivity index (χ0) is 21.3. The summed E-state index contributed by atoms with van der Waals surface area (Å²) in [6.45, 7) is 5.27. The Kier molecular flexibility index (Phi) is 5.54. The Morgan fingerprint density at radius 3 is 2.17 bits per heavy atom. The van der Waals surface area contributed by atoms with Crippen LogP contribution in [-0.4, -0.2) is 70.2 Å². The summed E-state index contributed by atoms with van der Waals surface area (Å²) in [7, 11) is 2.68. The van der Waals surface area contributed by atoms with Gasteiger partial charge in [0.1, 0.15) is 12.1 Å². The highest BCUT2D eigenvalue weighted by Crippen LogP contribution is 2.26. The predicted octanol–water partition coefficient (Wildman–Crippen LogP) is 1.94. The van der Waals surface area contributed by atoms with E-state index in [2.05, 4.69) is 0 Å². The van der Waals surface area contributed by atoms with Gasteiger partial charge in [-0.15, -0.1) is 0 Å². The van der Waals surface area contributed by atoms with Gasteiger partial charge in [0.05, 0.1) is 0 Å². The fourth-order valence-corrected chi connectivity index (χ4v) is 3.47. The number of urea groups is 1. The number of fused-ring (bicyclic) bond motifs is 1. The van der Waals surface area contributed by atoms with Gasteiger partial charge >= 0.3 is 6.03 Å². The van der Waals surface area contributed by atoms with Crippen molar-refractivity contribution in [2.75, 3.05) is 27.2 Å². The average molecular weight is 396 g/mol. The van der Waals surface area contributed by atoms with Crippen molar-refractivity contribution in [1.29, 1.82) is 0 Å². The molecule has 152 valence electrons. The van der Waals surface area contributed by atoms with Crippen molar-refractivity contribution in [2.24, 2.45) is 0 Å². The number of carbonyl (C=O) groups is 4. The van der Waals surface area contributed by atoms with Gasteiger partial charge in [-0.25, -0.2) is 4.79 Å². The van der Waals surface area contributed by atoms with Crippen LogP contribution in [0.5, 0.6) is 0 Å². The minimum Gasteiger partial charge on any atom is -0.342 e. The molecule has 2 aromatic rings. The van der Waals surface area contributed by atoms with Crippen molar-refractivity contribution in [1.82, 2.24) is 19.3 Å². The molecule has 3 rings (SSSR count). The first-order valence-corrected chi connectivity index (χ1v) is 9.47. The first-order chi connectivity index (χ1) is 13.8. The smallest absolute Gasteiger partial charge is 0.333 e. The summed E-state index contributed by atoms with van der Waals surface area (Å²) in [6, 6.07) is 6.82.